The highest BCUT2D eigenvalue weighted by Gasteiger charge is 2.46. The van der Waals surface area contributed by atoms with Gasteiger partial charge in [0, 0.05) is 24.6 Å². The van der Waals surface area contributed by atoms with Crippen molar-refractivity contribution < 1.29 is 28.3 Å². The van der Waals surface area contributed by atoms with E-state index in [0.717, 1.165) is 11.3 Å². The molecule has 40 heavy (non-hydrogen) atoms. The number of carbonyl (C=O) groups is 4. The number of amides is 4. The SMILES string of the molecule is CN[C@@H](C)C(=O)N[C@H]1CN(C(=O)[C@H](F)C(C)C)CC[C@H]2CC[C@@H](C(=O)N[C@@H]3CCOc4ccccc43)N2C1=O.Cl. The minimum absolute atomic E-state index is 0. The van der Waals surface area contributed by atoms with E-state index < -0.39 is 47.9 Å². The summed E-state index contributed by atoms with van der Waals surface area (Å²) in [6, 6.07) is 4.65. The first-order valence-electron chi connectivity index (χ1n) is 13.9. The number of fused-ring (bicyclic) bond motifs is 2. The molecule has 1 aromatic carbocycles. The maximum atomic E-state index is 14.7. The van der Waals surface area contributed by atoms with Crippen molar-refractivity contribution in [3.63, 3.8) is 0 Å². The maximum Gasteiger partial charge on any atom is 0.257 e. The number of likely N-dealkylation sites (N-methyl/N-ethyl adjacent to an activating group) is 1. The number of hydrogen-bond acceptors (Lipinski definition) is 6. The fourth-order valence-electron chi connectivity index (χ4n) is 5.59. The average molecular weight is 582 g/mol. The topological polar surface area (TPSA) is 120 Å². The number of nitrogens with zero attached hydrogens (tertiary/aromatic N) is 2. The van der Waals surface area contributed by atoms with Crippen LogP contribution in [-0.4, -0.2) is 90.5 Å². The van der Waals surface area contributed by atoms with Crippen molar-refractivity contribution in [1.29, 1.82) is 0 Å². The van der Waals surface area contributed by atoms with Gasteiger partial charge in [-0.3, -0.25) is 19.2 Å². The molecule has 0 spiro atoms. The van der Waals surface area contributed by atoms with Crippen molar-refractivity contribution >= 4 is 36.0 Å². The van der Waals surface area contributed by atoms with Gasteiger partial charge in [-0.05, 0) is 45.2 Å². The fraction of sp³-hybridized carbons (Fsp3) is 0.643. The molecular weight excluding hydrogens is 541 g/mol. The molecule has 3 aliphatic rings. The minimum Gasteiger partial charge on any atom is -0.493 e. The molecule has 6 atom stereocenters. The van der Waals surface area contributed by atoms with Crippen LogP contribution < -0.4 is 20.7 Å². The predicted molar refractivity (Wildman–Crippen MR) is 150 cm³/mol. The molecule has 2 fully saturated rings. The zero-order valence-electron chi connectivity index (χ0n) is 23.5. The highest BCUT2D eigenvalue weighted by molar-refractivity contribution is 5.94. The van der Waals surface area contributed by atoms with Gasteiger partial charge in [0.2, 0.25) is 17.7 Å². The fourth-order valence-corrected chi connectivity index (χ4v) is 5.59. The maximum absolute atomic E-state index is 14.7. The van der Waals surface area contributed by atoms with Crippen LogP contribution in [0.3, 0.4) is 0 Å². The largest absolute Gasteiger partial charge is 0.493 e. The minimum atomic E-state index is -1.70. The molecule has 10 nitrogen and oxygen atoms in total. The van der Waals surface area contributed by atoms with Crippen LogP contribution in [0.4, 0.5) is 4.39 Å². The standard InChI is InChI=1S/C28H40FN5O5.ClH/c1-16(2)24(29)28(38)33-13-11-18-9-10-22(34(18)27(37)21(15-33)32-25(35)17(3)30-4)26(36)31-20-12-14-39-23-8-6-5-7-19(20)23;/h5-8,16-18,20-22,24,30H,9-15H2,1-4H3,(H,31,36)(H,32,35);1H/t17-,18+,20+,21-,22-,24+;/m0./s1. The number of para-hydroxylation sites is 1. The van der Waals surface area contributed by atoms with Gasteiger partial charge in [0.25, 0.3) is 5.91 Å². The molecule has 2 saturated heterocycles. The van der Waals surface area contributed by atoms with E-state index in [9.17, 15) is 23.6 Å². The number of ether oxygens (including phenoxy) is 1. The summed E-state index contributed by atoms with van der Waals surface area (Å²) in [6.45, 7) is 5.47. The normalized spacial score (nSPS) is 25.8. The van der Waals surface area contributed by atoms with E-state index in [2.05, 4.69) is 16.0 Å². The molecule has 0 unspecified atom stereocenters. The van der Waals surface area contributed by atoms with Gasteiger partial charge in [-0.2, -0.15) is 0 Å². The van der Waals surface area contributed by atoms with Crippen molar-refractivity contribution in [3.8, 4) is 5.75 Å². The summed E-state index contributed by atoms with van der Waals surface area (Å²) in [4.78, 5) is 56.2. The molecular formula is C28H41ClFN5O5. The third-order valence-corrected chi connectivity index (χ3v) is 8.04. The third-order valence-electron chi connectivity index (χ3n) is 8.04. The highest BCUT2D eigenvalue weighted by Crippen LogP contribution is 2.34. The molecule has 0 radical (unpaired) electrons. The molecule has 0 aromatic heterocycles. The Morgan fingerprint density at radius 2 is 1.75 bits per heavy atom. The number of nitrogens with one attached hydrogen (secondary N) is 3. The lowest BCUT2D eigenvalue weighted by molar-refractivity contribution is -0.148. The van der Waals surface area contributed by atoms with E-state index in [4.69, 9.17) is 4.74 Å². The van der Waals surface area contributed by atoms with Gasteiger partial charge in [0.15, 0.2) is 6.17 Å². The second-order valence-corrected chi connectivity index (χ2v) is 11.0. The zero-order valence-corrected chi connectivity index (χ0v) is 24.3. The van der Waals surface area contributed by atoms with Gasteiger partial charge in [-0.15, -0.1) is 12.4 Å². The molecule has 3 heterocycles. The van der Waals surface area contributed by atoms with E-state index >= 15 is 0 Å². The molecule has 222 valence electrons. The van der Waals surface area contributed by atoms with Crippen LogP contribution in [0.2, 0.25) is 0 Å². The van der Waals surface area contributed by atoms with Crippen molar-refractivity contribution in [2.75, 3.05) is 26.7 Å². The van der Waals surface area contributed by atoms with Crippen LogP contribution >= 0.6 is 12.4 Å². The van der Waals surface area contributed by atoms with Crippen LogP contribution in [0.15, 0.2) is 24.3 Å². The number of halogens is 2. The number of rotatable bonds is 7. The lowest BCUT2D eigenvalue weighted by Gasteiger charge is -2.39. The van der Waals surface area contributed by atoms with Crippen LogP contribution in [0.5, 0.6) is 5.75 Å². The number of hydrogen-bond donors (Lipinski definition) is 3. The number of alkyl halides is 1. The predicted octanol–water partition coefficient (Wildman–Crippen LogP) is 1.73. The van der Waals surface area contributed by atoms with Gasteiger partial charge < -0.3 is 30.5 Å². The van der Waals surface area contributed by atoms with Gasteiger partial charge in [-0.1, -0.05) is 32.0 Å². The lowest BCUT2D eigenvalue weighted by Crippen LogP contribution is -2.63. The van der Waals surface area contributed by atoms with E-state index in [1.54, 1.807) is 32.7 Å². The second kappa shape index (κ2) is 13.6. The third kappa shape index (κ3) is 6.68. The number of carbonyl (C=O) groups excluding carboxylic acids is 4. The second-order valence-electron chi connectivity index (χ2n) is 11.0. The van der Waals surface area contributed by atoms with Gasteiger partial charge in [-0.25, -0.2) is 4.39 Å². The molecule has 0 aliphatic carbocycles. The quantitative estimate of drug-likeness (QED) is 0.451. The Kier molecular flexibility index (Phi) is 10.8. The first kappa shape index (κ1) is 31.6. The first-order valence-corrected chi connectivity index (χ1v) is 13.9. The lowest BCUT2D eigenvalue weighted by atomic mass is 10.00. The van der Waals surface area contributed by atoms with Gasteiger partial charge >= 0.3 is 0 Å². The van der Waals surface area contributed by atoms with Gasteiger partial charge in [0.05, 0.1) is 25.2 Å². The summed E-state index contributed by atoms with van der Waals surface area (Å²) >= 11 is 0. The Morgan fingerprint density at radius 1 is 1.02 bits per heavy atom. The van der Waals surface area contributed by atoms with Crippen LogP contribution in [0.25, 0.3) is 0 Å². The van der Waals surface area contributed by atoms with Crippen LogP contribution in [0, 0.1) is 5.92 Å². The van der Waals surface area contributed by atoms with Crippen LogP contribution in [-0.2, 0) is 19.2 Å². The monoisotopic (exact) mass is 581 g/mol. The summed E-state index contributed by atoms with van der Waals surface area (Å²) in [7, 11) is 1.63. The van der Waals surface area contributed by atoms with Crippen molar-refractivity contribution in [3.05, 3.63) is 29.8 Å². The van der Waals surface area contributed by atoms with Crippen molar-refractivity contribution in [2.24, 2.45) is 5.92 Å². The molecule has 12 heteroatoms. The van der Waals surface area contributed by atoms with Crippen molar-refractivity contribution in [1.82, 2.24) is 25.8 Å². The smallest absolute Gasteiger partial charge is 0.257 e. The Balaban J connectivity index is 0.00000441. The molecule has 0 saturated carbocycles. The summed E-state index contributed by atoms with van der Waals surface area (Å²) in [5, 5.41) is 8.71. The molecule has 4 rings (SSSR count). The van der Waals surface area contributed by atoms with E-state index in [1.165, 1.54) is 4.90 Å². The number of benzene rings is 1. The first-order chi connectivity index (χ1) is 18.6. The summed E-state index contributed by atoms with van der Waals surface area (Å²) in [5.74, 6) is -1.56. The summed E-state index contributed by atoms with van der Waals surface area (Å²) < 4.78 is 20.4. The van der Waals surface area contributed by atoms with E-state index in [1.807, 2.05) is 24.3 Å². The molecule has 4 amide bonds. The average Bonchev–Trinajstić information content (AvgIpc) is 3.35. The van der Waals surface area contributed by atoms with Gasteiger partial charge in [0.1, 0.15) is 17.8 Å². The van der Waals surface area contributed by atoms with Crippen molar-refractivity contribution in [2.45, 2.75) is 82.8 Å². The Labute approximate surface area is 241 Å². The van der Waals surface area contributed by atoms with E-state index in [0.29, 0.717) is 32.3 Å². The Hall–Kier alpha value is -2.92. The molecule has 1 aromatic rings. The summed E-state index contributed by atoms with van der Waals surface area (Å²) in [6.07, 6.45) is 0.386. The molecule has 3 N–H and O–H groups in total. The van der Waals surface area contributed by atoms with E-state index in [-0.39, 0.29) is 43.5 Å². The molecule has 3 aliphatic heterocycles. The Morgan fingerprint density at radius 3 is 2.45 bits per heavy atom. The molecule has 0 bridgehead atoms. The summed E-state index contributed by atoms with van der Waals surface area (Å²) in [5.41, 5.74) is 0.900. The Bertz CT molecular complexity index is 1090. The highest BCUT2D eigenvalue weighted by atomic mass is 35.5. The van der Waals surface area contributed by atoms with Crippen LogP contribution in [0.1, 0.15) is 58.1 Å². The zero-order chi connectivity index (χ0) is 28.3.